The van der Waals surface area contributed by atoms with E-state index >= 15 is 0 Å². The molecule has 2 heterocycles. The number of ether oxygens (including phenoxy) is 1. The molecule has 3 aromatic rings. The quantitative estimate of drug-likeness (QED) is 0.505. The molecule has 1 aliphatic rings. The number of H-pyrrole nitrogens is 1. The van der Waals surface area contributed by atoms with E-state index in [1.54, 1.807) is 51.2 Å². The molecule has 8 nitrogen and oxygen atoms in total. The van der Waals surface area contributed by atoms with Gasteiger partial charge in [0.15, 0.2) is 6.23 Å². The summed E-state index contributed by atoms with van der Waals surface area (Å²) >= 11 is 0. The van der Waals surface area contributed by atoms with Crippen molar-refractivity contribution < 1.29 is 19.6 Å². The van der Waals surface area contributed by atoms with Crippen LogP contribution in [0, 0.1) is 10.1 Å². The van der Waals surface area contributed by atoms with Crippen molar-refractivity contribution in [3.05, 3.63) is 76.0 Å². The van der Waals surface area contributed by atoms with Gasteiger partial charge in [-0.1, -0.05) is 36.4 Å². The first-order valence-electron chi connectivity index (χ1n) is 9.63. The Morgan fingerprint density at radius 2 is 1.87 bits per heavy atom. The maximum absolute atomic E-state index is 13.0. The van der Waals surface area contributed by atoms with Crippen LogP contribution in [-0.4, -0.2) is 39.5 Å². The molecule has 156 valence electrons. The molecule has 2 N–H and O–H groups in total. The van der Waals surface area contributed by atoms with Crippen molar-refractivity contribution in [3.8, 4) is 0 Å². The number of rotatable bonds is 3. The maximum atomic E-state index is 13.0. The number of carbonyl (C=O) groups excluding carboxylic acids is 1. The third-order valence-corrected chi connectivity index (χ3v) is 5.37. The summed E-state index contributed by atoms with van der Waals surface area (Å²) in [5.41, 5.74) is -0.00933. The fraction of sp³-hybridized carbons (Fsp3) is 0.318. The van der Waals surface area contributed by atoms with E-state index in [1.807, 2.05) is 24.3 Å². The van der Waals surface area contributed by atoms with Gasteiger partial charge >= 0.3 is 6.09 Å². The monoisotopic (exact) mass is 409 g/mol. The first-order valence-corrected chi connectivity index (χ1v) is 9.63. The van der Waals surface area contributed by atoms with Gasteiger partial charge in [0.1, 0.15) is 11.0 Å². The molecule has 0 fully saturated rings. The zero-order chi connectivity index (χ0) is 21.7. The number of amides is 1. The van der Waals surface area contributed by atoms with Crippen LogP contribution in [0.5, 0.6) is 0 Å². The summed E-state index contributed by atoms with van der Waals surface area (Å²) in [5.74, 6) is 0. The van der Waals surface area contributed by atoms with Crippen LogP contribution in [-0.2, 0) is 10.2 Å². The van der Waals surface area contributed by atoms with Gasteiger partial charge in [-0.3, -0.25) is 10.1 Å². The number of hydrogen-bond acceptors (Lipinski definition) is 5. The molecular weight excluding hydrogens is 386 g/mol. The fourth-order valence-corrected chi connectivity index (χ4v) is 4.24. The van der Waals surface area contributed by atoms with Crippen LogP contribution in [0.2, 0.25) is 0 Å². The summed E-state index contributed by atoms with van der Waals surface area (Å²) < 4.78 is 5.50. The highest BCUT2D eigenvalue weighted by Gasteiger charge is 2.58. The Bertz CT molecular complexity index is 1130. The van der Waals surface area contributed by atoms with E-state index in [4.69, 9.17) is 4.74 Å². The number of aromatic amines is 1. The number of aromatic nitrogens is 1. The number of carbonyl (C=O) groups is 1. The number of nitrogens with one attached hydrogen (secondary N) is 1. The number of para-hydroxylation sites is 2. The maximum Gasteiger partial charge on any atom is 0.417 e. The van der Waals surface area contributed by atoms with Crippen LogP contribution in [0.25, 0.3) is 10.9 Å². The number of benzene rings is 2. The number of hydrogen-bond donors (Lipinski definition) is 2. The van der Waals surface area contributed by atoms with E-state index in [0.29, 0.717) is 16.8 Å². The van der Waals surface area contributed by atoms with Gasteiger partial charge in [0.2, 0.25) is 6.54 Å². The SMILES string of the molecule is CC(C)(C)OC(=O)N1c2ccccc2[C@](C[N+](=O)[O-])(c2c[nH]c3ccccc23)[C@H]1O. The van der Waals surface area contributed by atoms with Gasteiger partial charge < -0.3 is 14.8 Å². The van der Waals surface area contributed by atoms with E-state index in [2.05, 4.69) is 4.98 Å². The van der Waals surface area contributed by atoms with Gasteiger partial charge in [-0.15, -0.1) is 0 Å². The first kappa shape index (κ1) is 19.9. The molecule has 0 unspecified atom stereocenters. The summed E-state index contributed by atoms with van der Waals surface area (Å²) in [5, 5.41) is 24.0. The lowest BCUT2D eigenvalue weighted by molar-refractivity contribution is -0.490. The second-order valence-electron chi connectivity index (χ2n) is 8.45. The Hall–Kier alpha value is -3.39. The molecule has 2 aromatic carbocycles. The highest BCUT2D eigenvalue weighted by atomic mass is 16.6. The zero-order valence-electron chi connectivity index (χ0n) is 17.0. The van der Waals surface area contributed by atoms with Crippen LogP contribution in [0.15, 0.2) is 54.7 Å². The fourth-order valence-electron chi connectivity index (χ4n) is 4.24. The molecule has 4 rings (SSSR count). The number of anilines is 1. The van der Waals surface area contributed by atoms with Gasteiger partial charge in [0, 0.05) is 22.0 Å². The molecule has 0 bridgehead atoms. The number of nitro groups is 1. The number of aliphatic hydroxyl groups is 1. The molecule has 1 aliphatic heterocycles. The molecule has 0 spiro atoms. The lowest BCUT2D eigenvalue weighted by Gasteiger charge is -2.33. The number of nitrogens with zero attached hydrogens (tertiary/aromatic N) is 2. The van der Waals surface area contributed by atoms with Crippen molar-refractivity contribution >= 4 is 22.7 Å². The molecule has 0 radical (unpaired) electrons. The van der Waals surface area contributed by atoms with Gasteiger partial charge in [0.05, 0.1) is 5.69 Å². The molecule has 0 saturated heterocycles. The van der Waals surface area contributed by atoms with Crippen molar-refractivity contribution in [3.63, 3.8) is 0 Å². The molecule has 1 amide bonds. The minimum Gasteiger partial charge on any atom is -0.443 e. The van der Waals surface area contributed by atoms with Gasteiger partial charge in [-0.05, 0) is 44.0 Å². The molecule has 0 aliphatic carbocycles. The third kappa shape index (κ3) is 3.00. The van der Waals surface area contributed by atoms with E-state index < -0.39 is 34.8 Å². The van der Waals surface area contributed by atoms with Gasteiger partial charge in [0.25, 0.3) is 0 Å². The zero-order valence-corrected chi connectivity index (χ0v) is 17.0. The second-order valence-corrected chi connectivity index (χ2v) is 8.45. The predicted octanol–water partition coefficient (Wildman–Crippen LogP) is 3.80. The lowest BCUT2D eigenvalue weighted by Crippen LogP contribution is -2.52. The predicted molar refractivity (Wildman–Crippen MR) is 112 cm³/mol. The van der Waals surface area contributed by atoms with Crippen molar-refractivity contribution in [1.82, 2.24) is 4.98 Å². The highest BCUT2D eigenvalue weighted by molar-refractivity contribution is 5.95. The average Bonchev–Trinajstić information content (AvgIpc) is 3.18. The summed E-state index contributed by atoms with van der Waals surface area (Å²) in [6, 6.07) is 14.2. The van der Waals surface area contributed by atoms with E-state index in [-0.39, 0.29) is 0 Å². The topological polar surface area (TPSA) is 109 Å². The second kappa shape index (κ2) is 6.84. The standard InChI is InChI=1S/C22H23N3O5/c1-21(2,3)30-20(27)25-18-11-7-5-9-15(18)22(19(25)26,13-24(28)29)16-12-23-17-10-6-4-8-14(16)17/h4-12,19,23,26H,13H2,1-3H3/t19-,22-/m1/s1. The molecule has 8 heteroatoms. The van der Waals surface area contributed by atoms with Crippen LogP contribution < -0.4 is 4.90 Å². The normalized spacial score (nSPS) is 20.9. The average molecular weight is 409 g/mol. The largest absolute Gasteiger partial charge is 0.443 e. The molecule has 2 atom stereocenters. The summed E-state index contributed by atoms with van der Waals surface area (Å²) in [4.78, 5) is 28.6. The minimum absolute atomic E-state index is 0.395. The molecule has 1 aromatic heterocycles. The smallest absolute Gasteiger partial charge is 0.417 e. The van der Waals surface area contributed by atoms with Gasteiger partial charge in [-0.25, -0.2) is 9.69 Å². The van der Waals surface area contributed by atoms with Crippen molar-refractivity contribution in [2.75, 3.05) is 11.4 Å². The number of aliphatic hydroxyl groups excluding tert-OH is 1. The Morgan fingerprint density at radius 1 is 1.20 bits per heavy atom. The minimum atomic E-state index is -1.52. The summed E-state index contributed by atoms with van der Waals surface area (Å²) in [6.07, 6.45) is -0.603. The number of fused-ring (bicyclic) bond motifs is 2. The summed E-state index contributed by atoms with van der Waals surface area (Å²) in [6.45, 7) is 4.59. The van der Waals surface area contributed by atoms with E-state index in [9.17, 15) is 20.0 Å². The Balaban J connectivity index is 1.97. The van der Waals surface area contributed by atoms with Crippen LogP contribution in [0.3, 0.4) is 0 Å². The van der Waals surface area contributed by atoms with Crippen molar-refractivity contribution in [2.45, 2.75) is 38.0 Å². The van der Waals surface area contributed by atoms with Gasteiger partial charge in [-0.2, -0.15) is 0 Å². The Morgan fingerprint density at radius 3 is 2.57 bits per heavy atom. The van der Waals surface area contributed by atoms with Crippen LogP contribution in [0.4, 0.5) is 10.5 Å². The van der Waals surface area contributed by atoms with Crippen LogP contribution >= 0.6 is 0 Å². The summed E-state index contributed by atoms with van der Waals surface area (Å²) in [7, 11) is 0. The van der Waals surface area contributed by atoms with Crippen LogP contribution in [0.1, 0.15) is 31.9 Å². The van der Waals surface area contributed by atoms with E-state index in [1.165, 1.54) is 0 Å². The van der Waals surface area contributed by atoms with Crippen molar-refractivity contribution in [2.24, 2.45) is 0 Å². The first-order chi connectivity index (χ1) is 14.1. The highest BCUT2D eigenvalue weighted by Crippen LogP contribution is 2.50. The molecular formula is C22H23N3O5. The Labute approximate surface area is 173 Å². The lowest BCUT2D eigenvalue weighted by atomic mass is 9.74. The third-order valence-electron chi connectivity index (χ3n) is 5.37. The van der Waals surface area contributed by atoms with Crippen molar-refractivity contribution in [1.29, 1.82) is 0 Å². The molecule has 30 heavy (non-hydrogen) atoms. The van der Waals surface area contributed by atoms with E-state index in [0.717, 1.165) is 15.8 Å². The molecule has 0 saturated carbocycles. The Kier molecular flexibility index (Phi) is 4.54.